The van der Waals surface area contributed by atoms with Crippen LogP contribution in [0.5, 0.6) is 0 Å². The maximum atomic E-state index is 12.2. The van der Waals surface area contributed by atoms with Gasteiger partial charge in [-0.15, -0.1) is 0 Å². The second-order valence-corrected chi connectivity index (χ2v) is 5.57. The van der Waals surface area contributed by atoms with E-state index in [1.54, 1.807) is 4.90 Å². The number of amides is 1. The van der Waals surface area contributed by atoms with E-state index < -0.39 is 12.1 Å². The van der Waals surface area contributed by atoms with Crippen molar-refractivity contribution in [1.82, 2.24) is 4.90 Å². The summed E-state index contributed by atoms with van der Waals surface area (Å²) in [6, 6.07) is 0. The van der Waals surface area contributed by atoms with Crippen molar-refractivity contribution in [2.45, 2.75) is 33.8 Å². The predicted octanol–water partition coefficient (Wildman–Crippen LogP) is 0.981. The Morgan fingerprint density at radius 2 is 2.00 bits per heavy atom. The SMILES string of the molecule is CC(C(=O)N1CCOC(C(=O)O)C1)C(C)(C)C. The molecule has 1 N–H and O–H groups in total. The molecule has 2 unspecified atom stereocenters. The van der Waals surface area contributed by atoms with E-state index in [-0.39, 0.29) is 23.8 Å². The predicted molar refractivity (Wildman–Crippen MR) is 62.6 cm³/mol. The van der Waals surface area contributed by atoms with E-state index in [0.717, 1.165) is 0 Å². The molecular weight excluding hydrogens is 222 g/mol. The van der Waals surface area contributed by atoms with Crippen molar-refractivity contribution in [2.24, 2.45) is 11.3 Å². The van der Waals surface area contributed by atoms with Crippen molar-refractivity contribution in [3.63, 3.8) is 0 Å². The molecule has 1 aliphatic heterocycles. The van der Waals surface area contributed by atoms with Gasteiger partial charge in [0.1, 0.15) is 0 Å². The summed E-state index contributed by atoms with van der Waals surface area (Å²) in [5.74, 6) is -1.13. The largest absolute Gasteiger partial charge is 0.479 e. The molecule has 1 rings (SSSR count). The van der Waals surface area contributed by atoms with Crippen molar-refractivity contribution in [3.05, 3.63) is 0 Å². The van der Waals surface area contributed by atoms with Gasteiger partial charge < -0.3 is 14.7 Å². The van der Waals surface area contributed by atoms with E-state index in [1.165, 1.54) is 0 Å². The highest BCUT2D eigenvalue weighted by molar-refractivity contribution is 5.81. The highest BCUT2D eigenvalue weighted by Crippen LogP contribution is 2.27. The van der Waals surface area contributed by atoms with Crippen LogP contribution >= 0.6 is 0 Å². The third kappa shape index (κ3) is 3.43. The molecule has 1 heterocycles. The van der Waals surface area contributed by atoms with Gasteiger partial charge >= 0.3 is 5.97 Å². The standard InChI is InChI=1S/C12H21NO4/c1-8(12(2,3)4)10(14)13-5-6-17-9(7-13)11(15)16/h8-9H,5-7H2,1-4H3,(H,15,16). The summed E-state index contributed by atoms with van der Waals surface area (Å²) in [4.78, 5) is 24.6. The smallest absolute Gasteiger partial charge is 0.334 e. The number of hydrogen-bond donors (Lipinski definition) is 1. The molecular formula is C12H21NO4. The molecule has 5 heteroatoms. The van der Waals surface area contributed by atoms with Gasteiger partial charge in [-0.05, 0) is 5.41 Å². The number of hydrogen-bond acceptors (Lipinski definition) is 3. The monoisotopic (exact) mass is 243 g/mol. The first kappa shape index (κ1) is 14.0. The Bertz CT molecular complexity index is 308. The van der Waals surface area contributed by atoms with Gasteiger partial charge in [-0.2, -0.15) is 0 Å². The molecule has 17 heavy (non-hydrogen) atoms. The molecule has 0 aromatic rings. The average molecular weight is 243 g/mol. The van der Waals surface area contributed by atoms with Gasteiger partial charge in [-0.1, -0.05) is 27.7 Å². The molecule has 1 aliphatic rings. The molecule has 0 aromatic carbocycles. The van der Waals surface area contributed by atoms with Crippen molar-refractivity contribution in [3.8, 4) is 0 Å². The van der Waals surface area contributed by atoms with Crippen molar-refractivity contribution < 1.29 is 19.4 Å². The first-order chi connectivity index (χ1) is 7.73. The Kier molecular flexibility index (Phi) is 4.14. The van der Waals surface area contributed by atoms with Crippen LogP contribution in [0.1, 0.15) is 27.7 Å². The normalized spacial score (nSPS) is 23.3. The molecule has 1 saturated heterocycles. The number of ether oxygens (including phenoxy) is 1. The second-order valence-electron chi connectivity index (χ2n) is 5.57. The van der Waals surface area contributed by atoms with Crippen LogP contribution < -0.4 is 0 Å². The third-order valence-corrected chi connectivity index (χ3v) is 3.32. The maximum absolute atomic E-state index is 12.2. The molecule has 98 valence electrons. The zero-order valence-electron chi connectivity index (χ0n) is 10.9. The highest BCUT2D eigenvalue weighted by Gasteiger charge is 2.34. The van der Waals surface area contributed by atoms with E-state index in [9.17, 15) is 9.59 Å². The Hall–Kier alpha value is -1.10. The molecule has 0 spiro atoms. The number of nitrogens with zero attached hydrogens (tertiary/aromatic N) is 1. The van der Waals surface area contributed by atoms with Crippen molar-refractivity contribution in [1.29, 1.82) is 0 Å². The fourth-order valence-corrected chi connectivity index (χ4v) is 1.64. The minimum Gasteiger partial charge on any atom is -0.479 e. The molecule has 0 aromatic heterocycles. The number of aliphatic carboxylic acids is 1. The number of carbonyl (C=O) groups excluding carboxylic acids is 1. The van der Waals surface area contributed by atoms with Gasteiger partial charge in [0.25, 0.3) is 0 Å². The molecule has 0 aliphatic carbocycles. The van der Waals surface area contributed by atoms with Gasteiger partial charge in [-0.25, -0.2) is 4.79 Å². The number of rotatable bonds is 2. The molecule has 0 saturated carbocycles. The van der Waals surface area contributed by atoms with Crippen LogP contribution in [-0.2, 0) is 14.3 Å². The van der Waals surface area contributed by atoms with Gasteiger partial charge in [0.05, 0.1) is 13.2 Å². The number of carboxylic acids is 1. The summed E-state index contributed by atoms with van der Waals surface area (Å²) in [6.07, 6.45) is -0.889. The molecule has 0 radical (unpaired) electrons. The minimum absolute atomic E-state index is 0.00653. The van der Waals surface area contributed by atoms with Gasteiger partial charge in [0.15, 0.2) is 6.10 Å². The lowest BCUT2D eigenvalue weighted by Gasteiger charge is -2.36. The minimum atomic E-state index is -1.01. The lowest BCUT2D eigenvalue weighted by atomic mass is 9.81. The molecule has 1 fully saturated rings. The Morgan fingerprint density at radius 3 is 2.47 bits per heavy atom. The van der Waals surface area contributed by atoms with Gasteiger partial charge in [0.2, 0.25) is 5.91 Å². The van der Waals surface area contributed by atoms with Crippen LogP contribution in [0.3, 0.4) is 0 Å². The lowest BCUT2D eigenvalue weighted by Crippen LogP contribution is -2.51. The van der Waals surface area contributed by atoms with Crippen molar-refractivity contribution in [2.75, 3.05) is 19.7 Å². The Morgan fingerprint density at radius 1 is 1.41 bits per heavy atom. The van der Waals surface area contributed by atoms with Crippen LogP contribution in [0, 0.1) is 11.3 Å². The van der Waals surface area contributed by atoms with Crippen LogP contribution in [-0.4, -0.2) is 47.7 Å². The summed E-state index contributed by atoms with van der Waals surface area (Å²) in [7, 11) is 0. The van der Waals surface area contributed by atoms with E-state index in [4.69, 9.17) is 9.84 Å². The Labute approximate surface area is 102 Å². The zero-order valence-corrected chi connectivity index (χ0v) is 10.9. The summed E-state index contributed by atoms with van der Waals surface area (Å²) in [5.41, 5.74) is -0.117. The van der Waals surface area contributed by atoms with Crippen LogP contribution in [0.25, 0.3) is 0 Å². The van der Waals surface area contributed by atoms with Gasteiger partial charge in [-0.3, -0.25) is 4.79 Å². The first-order valence-corrected chi connectivity index (χ1v) is 5.86. The summed E-state index contributed by atoms with van der Waals surface area (Å²) < 4.78 is 5.09. The second kappa shape index (κ2) is 5.04. The molecule has 5 nitrogen and oxygen atoms in total. The van der Waals surface area contributed by atoms with Gasteiger partial charge in [0, 0.05) is 12.5 Å². The number of morpholine rings is 1. The first-order valence-electron chi connectivity index (χ1n) is 5.86. The molecule has 2 atom stereocenters. The topological polar surface area (TPSA) is 66.8 Å². The van der Waals surface area contributed by atoms with E-state index >= 15 is 0 Å². The molecule has 1 amide bonds. The van der Waals surface area contributed by atoms with E-state index in [0.29, 0.717) is 13.2 Å². The summed E-state index contributed by atoms with van der Waals surface area (Å²) in [6.45, 7) is 8.81. The lowest BCUT2D eigenvalue weighted by molar-refractivity contribution is -0.161. The van der Waals surface area contributed by atoms with Crippen LogP contribution in [0.2, 0.25) is 0 Å². The highest BCUT2D eigenvalue weighted by atomic mass is 16.5. The average Bonchev–Trinajstić information content (AvgIpc) is 2.26. The van der Waals surface area contributed by atoms with Crippen LogP contribution in [0.4, 0.5) is 0 Å². The third-order valence-electron chi connectivity index (χ3n) is 3.32. The van der Waals surface area contributed by atoms with E-state index in [1.807, 2.05) is 27.7 Å². The summed E-state index contributed by atoms with van der Waals surface area (Å²) in [5, 5.41) is 8.87. The fourth-order valence-electron chi connectivity index (χ4n) is 1.64. The number of carbonyl (C=O) groups is 2. The molecule has 0 bridgehead atoms. The fraction of sp³-hybridized carbons (Fsp3) is 0.833. The maximum Gasteiger partial charge on any atom is 0.334 e. The quantitative estimate of drug-likeness (QED) is 0.785. The van der Waals surface area contributed by atoms with Crippen molar-refractivity contribution >= 4 is 11.9 Å². The van der Waals surface area contributed by atoms with E-state index in [2.05, 4.69) is 0 Å². The van der Waals surface area contributed by atoms with Crippen LogP contribution in [0.15, 0.2) is 0 Å². The Balaban J connectivity index is 2.67. The number of carboxylic acid groups (broad SMARTS) is 1. The summed E-state index contributed by atoms with van der Waals surface area (Å²) >= 11 is 0. The zero-order chi connectivity index (χ0) is 13.2.